The molecule has 0 saturated heterocycles. The average Bonchev–Trinajstić information content (AvgIpc) is 2.57. The number of ketones is 1. The van der Waals surface area contributed by atoms with Gasteiger partial charge in [0.25, 0.3) is 5.56 Å². The van der Waals surface area contributed by atoms with Crippen LogP contribution in [0.3, 0.4) is 0 Å². The monoisotopic (exact) mass is 351 g/mol. The highest BCUT2D eigenvalue weighted by Crippen LogP contribution is 2.17. The summed E-state index contributed by atoms with van der Waals surface area (Å²) in [4.78, 5) is 48.9. The van der Waals surface area contributed by atoms with Crippen LogP contribution in [0.15, 0.2) is 27.8 Å². The van der Waals surface area contributed by atoms with Gasteiger partial charge in [0.05, 0.1) is 12.7 Å². The molecule has 9 nitrogen and oxygen atoms in total. The van der Waals surface area contributed by atoms with Crippen LogP contribution in [0, 0.1) is 5.82 Å². The quantitative estimate of drug-likeness (QED) is 0.565. The maximum atomic E-state index is 13.8. The number of esters is 1. The van der Waals surface area contributed by atoms with Crippen molar-refractivity contribution in [3.63, 3.8) is 0 Å². The van der Waals surface area contributed by atoms with Crippen molar-refractivity contribution in [3.05, 3.63) is 56.0 Å². The average molecular weight is 351 g/mol. The van der Waals surface area contributed by atoms with E-state index in [9.17, 15) is 23.6 Å². The molecule has 0 aliphatic heterocycles. The molecule has 1 aromatic heterocycles. The molecule has 2 aromatic rings. The van der Waals surface area contributed by atoms with Crippen molar-refractivity contribution in [1.29, 1.82) is 0 Å². The van der Waals surface area contributed by atoms with Gasteiger partial charge in [-0.25, -0.2) is 14.0 Å². The number of hydrogen-bond acceptors (Lipinski definition) is 7. The lowest BCUT2D eigenvalue weighted by Crippen LogP contribution is -2.35. The molecule has 1 aromatic carbocycles. The van der Waals surface area contributed by atoms with Gasteiger partial charge < -0.3 is 15.2 Å². The largest absolute Gasteiger partial charge is 0.497 e. The summed E-state index contributed by atoms with van der Waals surface area (Å²) in [5.41, 5.74) is 2.84. The second kappa shape index (κ2) is 6.99. The summed E-state index contributed by atoms with van der Waals surface area (Å²) >= 11 is 0. The van der Waals surface area contributed by atoms with Crippen LogP contribution in [0.2, 0.25) is 0 Å². The first-order valence-corrected chi connectivity index (χ1v) is 6.89. The van der Waals surface area contributed by atoms with Crippen molar-refractivity contribution < 1.29 is 23.5 Å². The highest BCUT2D eigenvalue weighted by atomic mass is 19.1. The van der Waals surface area contributed by atoms with Gasteiger partial charge in [0, 0.05) is 13.1 Å². The molecule has 3 N–H and O–H groups in total. The minimum absolute atomic E-state index is 0.203. The van der Waals surface area contributed by atoms with Gasteiger partial charge in [0.2, 0.25) is 5.78 Å². The van der Waals surface area contributed by atoms with Crippen molar-refractivity contribution in [2.24, 2.45) is 7.05 Å². The molecular formula is C15H14FN3O6. The fourth-order valence-electron chi connectivity index (χ4n) is 1.98. The van der Waals surface area contributed by atoms with Gasteiger partial charge in [-0.3, -0.25) is 19.1 Å². The molecule has 2 rings (SSSR count). The standard InChI is InChI=1S/C15H14FN3O6/c1-19-12(17)11(13(21)18-15(19)23)10(20)6-25-14(22)8-4-3-7(24-2)5-9(8)16/h3-5H,6,17H2,1-2H3,(H,18,21,23). The number of nitrogen functional groups attached to an aromatic ring is 1. The van der Waals surface area contributed by atoms with Gasteiger partial charge in [-0.1, -0.05) is 0 Å². The zero-order valence-electron chi connectivity index (χ0n) is 13.3. The van der Waals surface area contributed by atoms with Crippen LogP contribution in [0.1, 0.15) is 20.7 Å². The van der Waals surface area contributed by atoms with E-state index in [-0.39, 0.29) is 11.6 Å². The summed E-state index contributed by atoms with van der Waals surface area (Å²) in [6.07, 6.45) is 0. The van der Waals surface area contributed by atoms with Crippen molar-refractivity contribution in [2.75, 3.05) is 19.5 Å². The summed E-state index contributed by atoms with van der Waals surface area (Å²) < 4.78 is 24.2. The highest BCUT2D eigenvalue weighted by Gasteiger charge is 2.21. The molecule has 0 atom stereocenters. The summed E-state index contributed by atoms with van der Waals surface area (Å²) in [6.45, 7) is -0.851. The van der Waals surface area contributed by atoms with E-state index in [2.05, 4.69) is 0 Å². The molecule has 0 unspecified atom stereocenters. The maximum absolute atomic E-state index is 13.8. The molecule has 0 aliphatic rings. The number of H-pyrrole nitrogens is 1. The van der Waals surface area contributed by atoms with Crippen LogP contribution in [-0.2, 0) is 11.8 Å². The second-order valence-electron chi connectivity index (χ2n) is 4.92. The maximum Gasteiger partial charge on any atom is 0.341 e. The van der Waals surface area contributed by atoms with Crippen molar-refractivity contribution in [2.45, 2.75) is 0 Å². The van der Waals surface area contributed by atoms with Gasteiger partial charge >= 0.3 is 11.7 Å². The van der Waals surface area contributed by atoms with Crippen molar-refractivity contribution >= 4 is 17.6 Å². The zero-order valence-corrected chi connectivity index (χ0v) is 13.3. The minimum Gasteiger partial charge on any atom is -0.497 e. The number of methoxy groups -OCH3 is 1. The number of benzene rings is 1. The van der Waals surface area contributed by atoms with Gasteiger partial charge in [0.15, 0.2) is 6.61 Å². The number of nitrogens with two attached hydrogens (primary N) is 1. The van der Waals surface area contributed by atoms with E-state index in [4.69, 9.17) is 15.2 Å². The molecule has 0 saturated carbocycles. The zero-order chi connectivity index (χ0) is 18.7. The normalized spacial score (nSPS) is 10.4. The summed E-state index contributed by atoms with van der Waals surface area (Å²) in [5, 5.41) is 0. The third-order valence-electron chi connectivity index (χ3n) is 3.38. The second-order valence-corrected chi connectivity index (χ2v) is 4.92. The number of aromatic nitrogens is 2. The van der Waals surface area contributed by atoms with Crippen LogP contribution >= 0.6 is 0 Å². The van der Waals surface area contributed by atoms with E-state index in [0.717, 1.165) is 16.7 Å². The number of ether oxygens (including phenoxy) is 2. The molecule has 0 fully saturated rings. The molecule has 25 heavy (non-hydrogen) atoms. The van der Waals surface area contributed by atoms with Crippen LogP contribution < -0.4 is 21.7 Å². The van der Waals surface area contributed by atoms with E-state index < -0.39 is 46.6 Å². The van der Waals surface area contributed by atoms with Crippen LogP contribution in [0.5, 0.6) is 5.75 Å². The number of carbonyl (C=O) groups is 2. The van der Waals surface area contributed by atoms with Crippen molar-refractivity contribution in [1.82, 2.24) is 9.55 Å². The molecule has 132 valence electrons. The summed E-state index contributed by atoms with van der Waals surface area (Å²) in [7, 11) is 2.59. The fourth-order valence-corrected chi connectivity index (χ4v) is 1.98. The third-order valence-corrected chi connectivity index (χ3v) is 3.38. The topological polar surface area (TPSA) is 133 Å². The van der Waals surface area contributed by atoms with Crippen molar-refractivity contribution in [3.8, 4) is 5.75 Å². The lowest BCUT2D eigenvalue weighted by Gasteiger charge is -2.09. The van der Waals surface area contributed by atoms with E-state index >= 15 is 0 Å². The lowest BCUT2D eigenvalue weighted by molar-refractivity contribution is 0.0469. The SMILES string of the molecule is COc1ccc(C(=O)OCC(=O)c2c(N)n(C)c(=O)[nH]c2=O)c(F)c1. The molecule has 0 amide bonds. The Hall–Kier alpha value is -3.43. The Bertz CT molecular complexity index is 963. The Morgan fingerprint density at radius 3 is 2.60 bits per heavy atom. The van der Waals surface area contributed by atoms with Crippen LogP contribution in [0.25, 0.3) is 0 Å². The van der Waals surface area contributed by atoms with E-state index in [0.29, 0.717) is 0 Å². The number of nitrogens with one attached hydrogen (secondary N) is 1. The Morgan fingerprint density at radius 2 is 2.00 bits per heavy atom. The van der Waals surface area contributed by atoms with Gasteiger partial charge in [0.1, 0.15) is 22.9 Å². The summed E-state index contributed by atoms with van der Waals surface area (Å²) in [6, 6.07) is 3.46. The van der Waals surface area contributed by atoms with Gasteiger partial charge in [-0.05, 0) is 12.1 Å². The molecular weight excluding hydrogens is 337 g/mol. The Balaban J connectivity index is 2.18. The molecule has 0 radical (unpaired) electrons. The fraction of sp³-hybridized carbons (Fsp3) is 0.200. The Kier molecular flexibility index (Phi) is 5.01. The predicted molar refractivity (Wildman–Crippen MR) is 84.3 cm³/mol. The number of aromatic amines is 1. The first-order chi connectivity index (χ1) is 11.8. The first-order valence-electron chi connectivity index (χ1n) is 6.89. The van der Waals surface area contributed by atoms with Gasteiger partial charge in [-0.2, -0.15) is 0 Å². The third kappa shape index (κ3) is 3.57. The number of rotatable bonds is 5. The Morgan fingerprint density at radius 1 is 1.32 bits per heavy atom. The van der Waals surface area contributed by atoms with Gasteiger partial charge in [-0.15, -0.1) is 0 Å². The number of halogens is 1. The first kappa shape index (κ1) is 17.9. The molecule has 0 spiro atoms. The van der Waals surface area contributed by atoms with Crippen LogP contribution in [-0.4, -0.2) is 35.0 Å². The molecule has 0 aliphatic carbocycles. The number of anilines is 1. The minimum atomic E-state index is -1.10. The number of carbonyl (C=O) groups excluding carboxylic acids is 2. The molecule has 1 heterocycles. The van der Waals surface area contributed by atoms with E-state index in [1.807, 2.05) is 4.98 Å². The number of Topliss-reactive ketones (excluding diaryl/α,β-unsaturated/α-hetero) is 1. The number of hydrogen-bond donors (Lipinski definition) is 2. The smallest absolute Gasteiger partial charge is 0.341 e. The predicted octanol–water partition coefficient (Wildman–Crippen LogP) is -0.157. The van der Waals surface area contributed by atoms with E-state index in [1.54, 1.807) is 0 Å². The summed E-state index contributed by atoms with van der Waals surface area (Å²) in [5.74, 6) is -3.10. The number of nitrogens with zero attached hydrogens (tertiary/aromatic N) is 1. The molecule has 0 bridgehead atoms. The van der Waals surface area contributed by atoms with E-state index in [1.165, 1.54) is 20.2 Å². The highest BCUT2D eigenvalue weighted by molar-refractivity contribution is 6.02. The molecule has 10 heteroatoms. The van der Waals surface area contributed by atoms with Crippen LogP contribution in [0.4, 0.5) is 10.2 Å². The Labute approximate surface area is 139 Å². The lowest BCUT2D eigenvalue weighted by atomic mass is 10.2.